The van der Waals surface area contributed by atoms with Gasteiger partial charge in [0.05, 0.1) is 11.5 Å². The molecule has 2 aromatic rings. The van der Waals surface area contributed by atoms with Gasteiger partial charge in [0.2, 0.25) is 0 Å². The number of aryl methyl sites for hydroxylation is 1. The van der Waals surface area contributed by atoms with Crippen molar-refractivity contribution in [2.45, 2.75) is 82.4 Å². The Bertz CT molecular complexity index is 1350. The molecule has 2 fully saturated rings. The molecule has 9 heteroatoms. The molecule has 0 aromatic heterocycles. The first-order valence-corrected chi connectivity index (χ1v) is 16.7. The van der Waals surface area contributed by atoms with Crippen LogP contribution in [-0.4, -0.2) is 80.2 Å². The molecular weight excluding hydrogens is 543 g/mol. The maximum Gasteiger partial charge on any atom is 0.410 e. The number of likely N-dealkylation sites (tertiary alicyclic amines) is 2. The molecule has 5 rings (SSSR count). The number of carbonyl (C=O) groups is 1. The van der Waals surface area contributed by atoms with E-state index in [9.17, 15) is 17.6 Å². The molecule has 1 atom stereocenters. The first kappa shape index (κ1) is 29.8. The van der Waals surface area contributed by atoms with E-state index in [2.05, 4.69) is 6.07 Å². The van der Waals surface area contributed by atoms with E-state index in [1.54, 1.807) is 4.90 Å². The van der Waals surface area contributed by atoms with Crippen molar-refractivity contribution in [2.75, 3.05) is 38.5 Å². The van der Waals surface area contributed by atoms with Crippen LogP contribution in [-0.2, 0) is 26.7 Å². The Morgan fingerprint density at radius 1 is 1.07 bits per heavy atom. The maximum atomic E-state index is 13.4. The van der Waals surface area contributed by atoms with Crippen molar-refractivity contribution in [1.82, 2.24) is 9.80 Å². The average molecular weight is 587 g/mol. The third kappa shape index (κ3) is 7.80. The number of hydrogen-bond acceptors (Lipinski definition) is 6. The molecule has 224 valence electrons. The summed E-state index contributed by atoms with van der Waals surface area (Å²) in [5, 5.41) is 0. The highest BCUT2D eigenvalue weighted by molar-refractivity contribution is 7.90. The lowest BCUT2D eigenvalue weighted by atomic mass is 9.82. The van der Waals surface area contributed by atoms with Gasteiger partial charge >= 0.3 is 6.09 Å². The van der Waals surface area contributed by atoms with Gasteiger partial charge in [0.1, 0.15) is 23.1 Å². The van der Waals surface area contributed by atoms with E-state index in [1.807, 2.05) is 62.1 Å². The first-order valence-electron chi connectivity index (χ1n) is 14.8. The SMILES string of the molecule is CC(C)(C)OC(=O)N1CCC2(CCc3cc(-c4cccc(CS(=O)(=O)CCCN5CC[C@H](F)C5)c4)ccc3O2)CC1. The molecule has 7 nitrogen and oxygen atoms in total. The van der Waals surface area contributed by atoms with Crippen LogP contribution >= 0.6 is 0 Å². The number of benzene rings is 2. The molecular formula is C32H43FN2O5S. The van der Waals surface area contributed by atoms with Gasteiger partial charge < -0.3 is 19.3 Å². The minimum absolute atomic E-state index is 0.00343. The molecule has 2 saturated heterocycles. The summed E-state index contributed by atoms with van der Waals surface area (Å²) in [5.41, 5.74) is 3.18. The van der Waals surface area contributed by atoms with Crippen molar-refractivity contribution in [3.05, 3.63) is 53.6 Å². The summed E-state index contributed by atoms with van der Waals surface area (Å²) in [4.78, 5) is 16.3. The lowest BCUT2D eigenvalue weighted by Crippen LogP contribution is -2.52. The number of hydrogen-bond donors (Lipinski definition) is 0. The topological polar surface area (TPSA) is 76.2 Å². The van der Waals surface area contributed by atoms with Crippen LogP contribution in [0.15, 0.2) is 42.5 Å². The second-order valence-corrected chi connectivity index (χ2v) is 15.1. The van der Waals surface area contributed by atoms with Gasteiger partial charge in [0.25, 0.3) is 0 Å². The van der Waals surface area contributed by atoms with Crippen LogP contribution in [0.1, 0.15) is 64.0 Å². The van der Waals surface area contributed by atoms with Crippen LogP contribution in [0.5, 0.6) is 5.75 Å². The number of fused-ring (bicyclic) bond motifs is 1. The molecule has 3 aliphatic rings. The molecule has 3 aliphatic heterocycles. The number of alkyl halides is 1. The second-order valence-electron chi connectivity index (χ2n) is 12.9. The summed E-state index contributed by atoms with van der Waals surface area (Å²) in [7, 11) is -3.26. The molecule has 0 bridgehead atoms. The fraction of sp³-hybridized carbons (Fsp3) is 0.594. The molecule has 2 aromatic carbocycles. The summed E-state index contributed by atoms with van der Waals surface area (Å²) < 4.78 is 51.1. The van der Waals surface area contributed by atoms with Crippen LogP contribution < -0.4 is 4.74 Å². The standard InChI is InChI=1S/C32H43FN2O5S/c1-31(2,3)40-30(36)35-17-13-32(14-18-35)12-10-27-21-26(8-9-29(27)39-32)25-7-4-6-24(20-25)23-41(37,38)19-5-15-34-16-11-28(33)22-34/h4,6-9,20-21,28H,5,10-19,22-23H2,1-3H3/t28-/m0/s1. The fourth-order valence-corrected chi connectivity index (χ4v) is 7.54. The number of sulfone groups is 1. The zero-order valence-electron chi connectivity index (χ0n) is 24.5. The number of nitrogens with zero attached hydrogens (tertiary/aromatic N) is 2. The average Bonchev–Trinajstić information content (AvgIpc) is 3.32. The number of piperidine rings is 1. The highest BCUT2D eigenvalue weighted by Gasteiger charge is 2.41. The smallest absolute Gasteiger partial charge is 0.410 e. The van der Waals surface area contributed by atoms with Gasteiger partial charge in [0.15, 0.2) is 9.84 Å². The number of carbonyl (C=O) groups excluding carboxylic acids is 1. The van der Waals surface area contributed by atoms with Gasteiger partial charge in [-0.3, -0.25) is 0 Å². The monoisotopic (exact) mass is 586 g/mol. The Balaban J connectivity index is 1.18. The molecule has 1 amide bonds. The second kappa shape index (κ2) is 11.9. The number of ether oxygens (including phenoxy) is 2. The van der Waals surface area contributed by atoms with E-state index in [0.717, 1.165) is 53.7 Å². The van der Waals surface area contributed by atoms with E-state index in [4.69, 9.17) is 9.47 Å². The number of rotatable bonds is 7. The number of halogens is 1. The molecule has 1 spiro atoms. The Morgan fingerprint density at radius 2 is 1.83 bits per heavy atom. The van der Waals surface area contributed by atoms with Crippen LogP contribution in [0.25, 0.3) is 11.1 Å². The summed E-state index contributed by atoms with van der Waals surface area (Å²) >= 11 is 0. The minimum atomic E-state index is -3.26. The van der Waals surface area contributed by atoms with Crippen molar-refractivity contribution in [2.24, 2.45) is 0 Å². The van der Waals surface area contributed by atoms with Gasteiger partial charge in [-0.15, -0.1) is 0 Å². The predicted molar refractivity (Wildman–Crippen MR) is 159 cm³/mol. The van der Waals surface area contributed by atoms with E-state index in [-0.39, 0.29) is 23.2 Å². The van der Waals surface area contributed by atoms with E-state index in [0.29, 0.717) is 45.6 Å². The van der Waals surface area contributed by atoms with Crippen molar-refractivity contribution in [3.63, 3.8) is 0 Å². The predicted octanol–water partition coefficient (Wildman–Crippen LogP) is 5.80. The third-order valence-electron chi connectivity index (χ3n) is 8.35. The van der Waals surface area contributed by atoms with Crippen LogP contribution in [0, 0.1) is 0 Å². The highest BCUT2D eigenvalue weighted by Crippen LogP contribution is 2.41. The Kier molecular flexibility index (Phi) is 8.67. The van der Waals surface area contributed by atoms with E-state index in [1.165, 1.54) is 0 Å². The van der Waals surface area contributed by atoms with Gasteiger partial charge in [-0.2, -0.15) is 0 Å². The minimum Gasteiger partial charge on any atom is -0.487 e. The molecule has 3 heterocycles. The summed E-state index contributed by atoms with van der Waals surface area (Å²) in [6.07, 6.45) is 3.37. The Labute approximate surface area is 243 Å². The van der Waals surface area contributed by atoms with Crippen LogP contribution in [0.2, 0.25) is 0 Å². The van der Waals surface area contributed by atoms with Gasteiger partial charge in [-0.05, 0) is 87.4 Å². The zero-order chi connectivity index (χ0) is 29.3. The van der Waals surface area contributed by atoms with Crippen molar-refractivity contribution in [1.29, 1.82) is 0 Å². The quantitative estimate of drug-likeness (QED) is 0.409. The van der Waals surface area contributed by atoms with Crippen LogP contribution in [0.3, 0.4) is 0 Å². The molecule has 0 unspecified atom stereocenters. The molecule has 0 radical (unpaired) electrons. The summed E-state index contributed by atoms with van der Waals surface area (Å²) in [6, 6.07) is 14.0. The lowest BCUT2D eigenvalue weighted by molar-refractivity contribution is -0.0272. The van der Waals surface area contributed by atoms with Gasteiger partial charge in [-0.25, -0.2) is 17.6 Å². The molecule has 0 aliphatic carbocycles. The van der Waals surface area contributed by atoms with Gasteiger partial charge in [-0.1, -0.05) is 30.3 Å². The van der Waals surface area contributed by atoms with Crippen molar-refractivity contribution < 1.29 is 27.1 Å². The van der Waals surface area contributed by atoms with Crippen LogP contribution in [0.4, 0.5) is 9.18 Å². The Morgan fingerprint density at radius 3 is 2.54 bits per heavy atom. The van der Waals surface area contributed by atoms with E-state index >= 15 is 0 Å². The zero-order valence-corrected chi connectivity index (χ0v) is 25.3. The largest absolute Gasteiger partial charge is 0.487 e. The number of amides is 1. The van der Waals surface area contributed by atoms with E-state index < -0.39 is 21.6 Å². The Hall–Kier alpha value is -2.65. The fourth-order valence-electron chi connectivity index (χ4n) is 6.14. The molecule has 0 saturated carbocycles. The normalized spacial score (nSPS) is 21.0. The summed E-state index contributed by atoms with van der Waals surface area (Å²) in [6.45, 7) is 8.64. The van der Waals surface area contributed by atoms with Gasteiger partial charge in [0, 0.05) is 39.0 Å². The summed E-state index contributed by atoms with van der Waals surface area (Å²) in [5.74, 6) is 1.00. The molecule has 0 N–H and O–H groups in total. The highest BCUT2D eigenvalue weighted by atomic mass is 32.2. The van der Waals surface area contributed by atoms with Crippen molar-refractivity contribution in [3.8, 4) is 16.9 Å². The lowest BCUT2D eigenvalue weighted by Gasteiger charge is -2.44. The third-order valence-corrected chi connectivity index (χ3v) is 10.0. The van der Waals surface area contributed by atoms with Crippen molar-refractivity contribution >= 4 is 15.9 Å². The first-order chi connectivity index (χ1) is 19.4. The maximum absolute atomic E-state index is 13.4. The molecule has 41 heavy (non-hydrogen) atoms.